The third-order valence-electron chi connectivity index (χ3n) is 3.95. The third-order valence-corrected chi connectivity index (χ3v) is 3.95. The summed E-state index contributed by atoms with van der Waals surface area (Å²) in [7, 11) is 1.85. The van der Waals surface area contributed by atoms with Gasteiger partial charge in [-0.05, 0) is 12.1 Å². The Kier molecular flexibility index (Phi) is 4.66. The molecule has 3 rings (SSSR count). The molecule has 0 aliphatic carbocycles. The predicted octanol–water partition coefficient (Wildman–Crippen LogP) is 1.86. The van der Waals surface area contributed by atoms with Gasteiger partial charge in [-0.2, -0.15) is 5.10 Å². The molecule has 1 N–H and O–H groups in total. The Labute approximate surface area is 135 Å². The van der Waals surface area contributed by atoms with Gasteiger partial charge < -0.3 is 19.4 Å². The fraction of sp³-hybridized carbons (Fsp3) is 0.500. The predicted molar refractivity (Wildman–Crippen MR) is 83.8 cm³/mol. The molecule has 0 aromatic carbocycles. The van der Waals surface area contributed by atoms with Gasteiger partial charge in [0.15, 0.2) is 0 Å². The number of morpholine rings is 1. The van der Waals surface area contributed by atoms with Crippen LogP contribution in [0.1, 0.15) is 30.0 Å². The highest BCUT2D eigenvalue weighted by Crippen LogP contribution is 2.26. The van der Waals surface area contributed by atoms with Crippen LogP contribution in [0.5, 0.6) is 0 Å². The van der Waals surface area contributed by atoms with Crippen LogP contribution in [0.4, 0.5) is 4.79 Å². The van der Waals surface area contributed by atoms with E-state index in [0.717, 1.165) is 23.5 Å². The Balaban J connectivity index is 1.66. The number of nitrogens with zero attached hydrogens (tertiary/aromatic N) is 3. The monoisotopic (exact) mass is 318 g/mol. The van der Waals surface area contributed by atoms with Crippen LogP contribution in [-0.2, 0) is 24.8 Å². The van der Waals surface area contributed by atoms with Crippen LogP contribution in [0.2, 0.25) is 0 Å². The standard InChI is InChI=1S/C16H22N4O3/c1-3-13-4-5-15(23-13)14-11-22-7-6-20(14)16(21)17-8-12-9-18-19(2)10-12/h4-5,9-10,14H,3,6-8,11H2,1-2H3,(H,17,21)/t14-/m0/s1. The Morgan fingerprint density at radius 1 is 1.48 bits per heavy atom. The molecule has 1 saturated heterocycles. The lowest BCUT2D eigenvalue weighted by Crippen LogP contribution is -2.47. The summed E-state index contributed by atoms with van der Waals surface area (Å²) >= 11 is 0. The molecule has 3 heterocycles. The van der Waals surface area contributed by atoms with Crippen molar-refractivity contribution in [2.45, 2.75) is 25.9 Å². The van der Waals surface area contributed by atoms with Crippen molar-refractivity contribution in [2.24, 2.45) is 7.05 Å². The average molecular weight is 318 g/mol. The molecular formula is C16H22N4O3. The Morgan fingerprint density at radius 3 is 3.04 bits per heavy atom. The molecule has 7 heteroatoms. The second kappa shape index (κ2) is 6.87. The number of furan rings is 1. The van der Waals surface area contributed by atoms with Crippen molar-refractivity contribution >= 4 is 6.03 Å². The van der Waals surface area contributed by atoms with Gasteiger partial charge in [0.2, 0.25) is 0 Å². The van der Waals surface area contributed by atoms with E-state index < -0.39 is 0 Å². The molecule has 0 spiro atoms. The van der Waals surface area contributed by atoms with Gasteiger partial charge in [-0.3, -0.25) is 4.68 Å². The highest BCUT2D eigenvalue weighted by Gasteiger charge is 2.30. The second-order valence-corrected chi connectivity index (χ2v) is 5.62. The van der Waals surface area contributed by atoms with E-state index in [4.69, 9.17) is 9.15 Å². The third kappa shape index (κ3) is 3.56. The summed E-state index contributed by atoms with van der Waals surface area (Å²) < 4.78 is 13.1. The summed E-state index contributed by atoms with van der Waals surface area (Å²) in [6.07, 6.45) is 4.47. The average Bonchev–Trinajstić information content (AvgIpc) is 3.21. The number of aryl methyl sites for hydroxylation is 2. The SMILES string of the molecule is CCc1ccc([C@@H]2COCCN2C(=O)NCc2cnn(C)c2)o1. The first-order valence-electron chi connectivity index (χ1n) is 7.85. The molecule has 0 unspecified atom stereocenters. The van der Waals surface area contributed by atoms with Crippen molar-refractivity contribution in [3.8, 4) is 0 Å². The van der Waals surface area contributed by atoms with E-state index in [9.17, 15) is 4.79 Å². The quantitative estimate of drug-likeness (QED) is 0.934. The van der Waals surface area contributed by atoms with Gasteiger partial charge in [-0.25, -0.2) is 4.79 Å². The van der Waals surface area contributed by atoms with E-state index in [-0.39, 0.29) is 12.1 Å². The Morgan fingerprint density at radius 2 is 2.35 bits per heavy atom. The molecule has 1 aliphatic heterocycles. The lowest BCUT2D eigenvalue weighted by Gasteiger charge is -2.34. The summed E-state index contributed by atoms with van der Waals surface area (Å²) in [6.45, 7) is 4.04. The number of urea groups is 1. The molecule has 0 bridgehead atoms. The van der Waals surface area contributed by atoms with Crippen LogP contribution < -0.4 is 5.32 Å². The van der Waals surface area contributed by atoms with E-state index in [1.165, 1.54) is 0 Å². The topological polar surface area (TPSA) is 72.5 Å². The molecule has 2 aromatic rings. The van der Waals surface area contributed by atoms with E-state index in [1.807, 2.05) is 32.3 Å². The zero-order valence-electron chi connectivity index (χ0n) is 13.5. The van der Waals surface area contributed by atoms with Crippen LogP contribution in [0, 0.1) is 0 Å². The maximum Gasteiger partial charge on any atom is 0.318 e. The molecule has 23 heavy (non-hydrogen) atoms. The van der Waals surface area contributed by atoms with Gasteiger partial charge in [0.25, 0.3) is 0 Å². The molecule has 124 valence electrons. The molecular weight excluding hydrogens is 296 g/mol. The van der Waals surface area contributed by atoms with Gasteiger partial charge in [0.1, 0.15) is 17.6 Å². The number of rotatable bonds is 4. The van der Waals surface area contributed by atoms with Gasteiger partial charge in [-0.1, -0.05) is 6.92 Å². The van der Waals surface area contributed by atoms with Crippen molar-refractivity contribution in [3.05, 3.63) is 41.6 Å². The second-order valence-electron chi connectivity index (χ2n) is 5.62. The lowest BCUT2D eigenvalue weighted by atomic mass is 10.2. The summed E-state index contributed by atoms with van der Waals surface area (Å²) in [5.41, 5.74) is 0.969. The zero-order valence-corrected chi connectivity index (χ0v) is 13.5. The zero-order chi connectivity index (χ0) is 16.2. The first-order valence-corrected chi connectivity index (χ1v) is 7.85. The van der Waals surface area contributed by atoms with Crippen LogP contribution in [0.15, 0.2) is 28.9 Å². The number of ether oxygens (including phenoxy) is 1. The van der Waals surface area contributed by atoms with Crippen LogP contribution in [-0.4, -0.2) is 40.5 Å². The minimum Gasteiger partial charge on any atom is -0.464 e. The highest BCUT2D eigenvalue weighted by atomic mass is 16.5. The van der Waals surface area contributed by atoms with Crippen molar-refractivity contribution in [3.63, 3.8) is 0 Å². The van der Waals surface area contributed by atoms with Crippen LogP contribution in [0.25, 0.3) is 0 Å². The molecule has 2 amide bonds. The van der Waals surface area contributed by atoms with Crippen molar-refractivity contribution in [1.29, 1.82) is 0 Å². The summed E-state index contributed by atoms with van der Waals surface area (Å²) in [5, 5.41) is 7.04. The van der Waals surface area contributed by atoms with E-state index in [2.05, 4.69) is 10.4 Å². The fourth-order valence-electron chi connectivity index (χ4n) is 2.69. The summed E-state index contributed by atoms with van der Waals surface area (Å²) in [6, 6.07) is 3.59. The number of amides is 2. The molecule has 0 radical (unpaired) electrons. The minimum atomic E-state index is -0.182. The normalized spacial score (nSPS) is 18.2. The van der Waals surface area contributed by atoms with Crippen molar-refractivity contribution < 1.29 is 13.9 Å². The van der Waals surface area contributed by atoms with Gasteiger partial charge >= 0.3 is 6.03 Å². The van der Waals surface area contributed by atoms with E-state index >= 15 is 0 Å². The number of aromatic nitrogens is 2. The summed E-state index contributed by atoms with van der Waals surface area (Å²) in [4.78, 5) is 14.3. The molecule has 1 fully saturated rings. The molecule has 1 aliphatic rings. The van der Waals surface area contributed by atoms with Crippen LogP contribution >= 0.6 is 0 Å². The minimum absolute atomic E-state index is 0.114. The fourth-order valence-corrected chi connectivity index (χ4v) is 2.69. The Hall–Kier alpha value is -2.28. The molecule has 7 nitrogen and oxygen atoms in total. The van der Waals surface area contributed by atoms with Gasteiger partial charge in [-0.15, -0.1) is 0 Å². The van der Waals surface area contributed by atoms with Gasteiger partial charge in [0, 0.05) is 38.3 Å². The van der Waals surface area contributed by atoms with Gasteiger partial charge in [0.05, 0.1) is 19.4 Å². The summed E-state index contributed by atoms with van der Waals surface area (Å²) in [5.74, 6) is 1.69. The maximum absolute atomic E-state index is 12.5. The number of carbonyl (C=O) groups excluding carboxylic acids is 1. The molecule has 0 saturated carbocycles. The highest BCUT2D eigenvalue weighted by molar-refractivity contribution is 5.74. The first-order chi connectivity index (χ1) is 11.2. The van der Waals surface area contributed by atoms with E-state index in [1.54, 1.807) is 15.8 Å². The lowest BCUT2D eigenvalue weighted by molar-refractivity contribution is 0.00392. The first kappa shape index (κ1) is 15.6. The molecule has 1 atom stereocenters. The number of hydrogen-bond acceptors (Lipinski definition) is 4. The molecule has 2 aromatic heterocycles. The smallest absolute Gasteiger partial charge is 0.318 e. The van der Waals surface area contributed by atoms with E-state index in [0.29, 0.717) is 26.3 Å². The van der Waals surface area contributed by atoms with Crippen molar-refractivity contribution in [1.82, 2.24) is 20.0 Å². The number of hydrogen-bond donors (Lipinski definition) is 1. The largest absolute Gasteiger partial charge is 0.464 e. The number of nitrogens with one attached hydrogen (secondary N) is 1. The Bertz CT molecular complexity index is 664. The maximum atomic E-state index is 12.5. The number of carbonyl (C=O) groups is 1. The van der Waals surface area contributed by atoms with Crippen LogP contribution in [0.3, 0.4) is 0 Å². The van der Waals surface area contributed by atoms with Crippen molar-refractivity contribution in [2.75, 3.05) is 19.8 Å².